The van der Waals surface area contributed by atoms with Gasteiger partial charge in [-0.3, -0.25) is 0 Å². The summed E-state index contributed by atoms with van der Waals surface area (Å²) >= 11 is 6.23. The molecule has 1 nitrogen and oxygen atoms in total. The standard InChI is InChI=1S/C11H16ClN/c1-8(2)11(13)10(12)9-6-4-3-5-7-9/h3-8,10-11H,13H2,1-2H3/t10-,11+/m1/s1. The fourth-order valence-electron chi connectivity index (χ4n) is 1.20. The zero-order valence-corrected chi connectivity index (χ0v) is 8.83. The van der Waals surface area contributed by atoms with Crippen molar-refractivity contribution in [1.82, 2.24) is 0 Å². The molecule has 0 spiro atoms. The first-order chi connectivity index (χ1) is 6.13. The molecule has 0 bridgehead atoms. The van der Waals surface area contributed by atoms with Crippen molar-refractivity contribution in [2.24, 2.45) is 11.7 Å². The highest BCUT2D eigenvalue weighted by molar-refractivity contribution is 6.21. The van der Waals surface area contributed by atoms with Crippen molar-refractivity contribution < 1.29 is 0 Å². The molecule has 0 aliphatic heterocycles. The van der Waals surface area contributed by atoms with Gasteiger partial charge in [0.15, 0.2) is 0 Å². The lowest BCUT2D eigenvalue weighted by atomic mass is 9.97. The second-order valence-electron chi connectivity index (χ2n) is 3.63. The SMILES string of the molecule is CC(C)[C@H](N)[C@H](Cl)c1ccccc1. The van der Waals surface area contributed by atoms with E-state index in [1.165, 1.54) is 0 Å². The van der Waals surface area contributed by atoms with Gasteiger partial charge in [0.25, 0.3) is 0 Å². The van der Waals surface area contributed by atoms with E-state index in [0.717, 1.165) is 5.56 Å². The highest BCUT2D eigenvalue weighted by Gasteiger charge is 2.19. The van der Waals surface area contributed by atoms with Crippen molar-refractivity contribution in [3.8, 4) is 0 Å². The molecule has 72 valence electrons. The molecule has 0 heterocycles. The predicted octanol–water partition coefficient (Wildman–Crippen LogP) is 2.95. The second-order valence-corrected chi connectivity index (χ2v) is 4.10. The molecule has 2 N–H and O–H groups in total. The molecule has 1 aromatic rings. The molecule has 0 fully saturated rings. The normalized spacial score (nSPS) is 15.8. The van der Waals surface area contributed by atoms with Gasteiger partial charge in [-0.25, -0.2) is 0 Å². The molecule has 2 atom stereocenters. The van der Waals surface area contributed by atoms with E-state index in [-0.39, 0.29) is 11.4 Å². The topological polar surface area (TPSA) is 26.0 Å². The molecule has 0 unspecified atom stereocenters. The summed E-state index contributed by atoms with van der Waals surface area (Å²) in [6.07, 6.45) is 0. The molecule has 0 saturated heterocycles. The molecule has 0 aromatic heterocycles. The Bertz CT molecular complexity index is 246. The van der Waals surface area contributed by atoms with Crippen LogP contribution in [0.15, 0.2) is 30.3 Å². The maximum Gasteiger partial charge on any atom is 0.0738 e. The minimum absolute atomic E-state index is 0.0177. The Balaban J connectivity index is 2.73. The number of hydrogen-bond acceptors (Lipinski definition) is 1. The van der Waals surface area contributed by atoms with E-state index in [0.29, 0.717) is 5.92 Å². The van der Waals surface area contributed by atoms with Crippen molar-refractivity contribution in [2.75, 3.05) is 0 Å². The van der Waals surface area contributed by atoms with Gasteiger partial charge in [0.05, 0.1) is 5.38 Å². The van der Waals surface area contributed by atoms with E-state index in [2.05, 4.69) is 13.8 Å². The molecule has 0 aliphatic carbocycles. The third kappa shape index (κ3) is 2.71. The van der Waals surface area contributed by atoms with Gasteiger partial charge in [-0.1, -0.05) is 44.2 Å². The van der Waals surface area contributed by atoms with Crippen LogP contribution >= 0.6 is 11.6 Å². The Morgan fingerprint density at radius 2 is 1.69 bits per heavy atom. The van der Waals surface area contributed by atoms with Gasteiger partial charge in [0.1, 0.15) is 0 Å². The average Bonchev–Trinajstić information content (AvgIpc) is 2.17. The minimum Gasteiger partial charge on any atom is -0.326 e. The highest BCUT2D eigenvalue weighted by atomic mass is 35.5. The van der Waals surface area contributed by atoms with Crippen molar-refractivity contribution in [3.63, 3.8) is 0 Å². The quantitative estimate of drug-likeness (QED) is 0.741. The Hall–Kier alpha value is -0.530. The van der Waals surface area contributed by atoms with E-state index in [9.17, 15) is 0 Å². The molecular formula is C11H16ClN. The number of benzene rings is 1. The van der Waals surface area contributed by atoms with Crippen LogP contribution in [-0.4, -0.2) is 6.04 Å². The monoisotopic (exact) mass is 197 g/mol. The maximum absolute atomic E-state index is 6.23. The van der Waals surface area contributed by atoms with E-state index in [1.54, 1.807) is 0 Å². The lowest BCUT2D eigenvalue weighted by Gasteiger charge is -2.21. The molecular weight excluding hydrogens is 182 g/mol. The Kier molecular flexibility index (Phi) is 3.76. The Labute approximate surface area is 84.9 Å². The lowest BCUT2D eigenvalue weighted by molar-refractivity contribution is 0.479. The second kappa shape index (κ2) is 4.64. The van der Waals surface area contributed by atoms with Gasteiger partial charge < -0.3 is 5.73 Å². The number of hydrogen-bond donors (Lipinski definition) is 1. The van der Waals surface area contributed by atoms with Gasteiger partial charge in [0, 0.05) is 6.04 Å². The smallest absolute Gasteiger partial charge is 0.0738 e. The average molecular weight is 198 g/mol. The fourth-order valence-corrected chi connectivity index (χ4v) is 1.63. The van der Waals surface area contributed by atoms with Crippen LogP contribution in [0.4, 0.5) is 0 Å². The van der Waals surface area contributed by atoms with Crippen LogP contribution < -0.4 is 5.73 Å². The first kappa shape index (κ1) is 10.6. The lowest BCUT2D eigenvalue weighted by Crippen LogP contribution is -2.30. The minimum atomic E-state index is -0.0822. The molecule has 0 saturated carbocycles. The van der Waals surface area contributed by atoms with Gasteiger partial charge >= 0.3 is 0 Å². The van der Waals surface area contributed by atoms with Crippen LogP contribution in [0.25, 0.3) is 0 Å². The van der Waals surface area contributed by atoms with Crippen LogP contribution in [-0.2, 0) is 0 Å². The molecule has 0 radical (unpaired) electrons. The van der Waals surface area contributed by atoms with E-state index in [4.69, 9.17) is 17.3 Å². The first-order valence-electron chi connectivity index (χ1n) is 4.57. The van der Waals surface area contributed by atoms with Crippen molar-refractivity contribution in [1.29, 1.82) is 0 Å². The summed E-state index contributed by atoms with van der Waals surface area (Å²) < 4.78 is 0. The third-order valence-electron chi connectivity index (χ3n) is 2.23. The van der Waals surface area contributed by atoms with Crippen LogP contribution in [0, 0.1) is 5.92 Å². The number of rotatable bonds is 3. The molecule has 0 aliphatic rings. The summed E-state index contributed by atoms with van der Waals surface area (Å²) in [5.41, 5.74) is 7.06. The predicted molar refractivity (Wildman–Crippen MR) is 57.8 cm³/mol. The van der Waals surface area contributed by atoms with Crippen LogP contribution in [0.2, 0.25) is 0 Å². The first-order valence-corrected chi connectivity index (χ1v) is 5.01. The van der Waals surface area contributed by atoms with E-state index >= 15 is 0 Å². The number of alkyl halides is 1. The summed E-state index contributed by atoms with van der Waals surface area (Å²) in [5.74, 6) is 0.405. The zero-order valence-electron chi connectivity index (χ0n) is 8.07. The molecule has 13 heavy (non-hydrogen) atoms. The van der Waals surface area contributed by atoms with Gasteiger partial charge in [-0.05, 0) is 11.5 Å². The Morgan fingerprint density at radius 3 is 2.15 bits per heavy atom. The number of halogens is 1. The van der Waals surface area contributed by atoms with Crippen LogP contribution in [0.5, 0.6) is 0 Å². The Morgan fingerprint density at radius 1 is 1.15 bits per heavy atom. The van der Waals surface area contributed by atoms with Gasteiger partial charge in [-0.2, -0.15) is 0 Å². The van der Waals surface area contributed by atoms with Crippen molar-refractivity contribution in [3.05, 3.63) is 35.9 Å². The molecule has 0 amide bonds. The highest BCUT2D eigenvalue weighted by Crippen LogP contribution is 2.26. The van der Waals surface area contributed by atoms with Crippen LogP contribution in [0.3, 0.4) is 0 Å². The summed E-state index contributed by atoms with van der Waals surface area (Å²) in [6.45, 7) is 4.17. The van der Waals surface area contributed by atoms with Crippen LogP contribution in [0.1, 0.15) is 24.8 Å². The van der Waals surface area contributed by atoms with Crippen molar-refractivity contribution >= 4 is 11.6 Å². The largest absolute Gasteiger partial charge is 0.326 e. The molecule has 2 heteroatoms. The van der Waals surface area contributed by atoms with Gasteiger partial charge in [-0.15, -0.1) is 11.6 Å². The summed E-state index contributed by atoms with van der Waals surface area (Å²) in [7, 11) is 0. The fraction of sp³-hybridized carbons (Fsp3) is 0.455. The summed E-state index contributed by atoms with van der Waals surface area (Å²) in [5, 5.41) is -0.0822. The van der Waals surface area contributed by atoms with Crippen molar-refractivity contribution in [2.45, 2.75) is 25.3 Å². The summed E-state index contributed by atoms with van der Waals surface area (Å²) in [6, 6.07) is 9.99. The maximum atomic E-state index is 6.23. The van der Waals surface area contributed by atoms with E-state index < -0.39 is 0 Å². The third-order valence-corrected chi connectivity index (χ3v) is 2.77. The molecule has 1 rings (SSSR count). The molecule has 1 aromatic carbocycles. The number of nitrogens with two attached hydrogens (primary N) is 1. The van der Waals surface area contributed by atoms with Gasteiger partial charge in [0.2, 0.25) is 0 Å². The van der Waals surface area contributed by atoms with E-state index in [1.807, 2.05) is 30.3 Å². The summed E-state index contributed by atoms with van der Waals surface area (Å²) in [4.78, 5) is 0. The zero-order chi connectivity index (χ0) is 9.84.